The van der Waals surface area contributed by atoms with Crippen LogP contribution in [0.3, 0.4) is 0 Å². The van der Waals surface area contributed by atoms with E-state index in [1.807, 2.05) is 56.3 Å². The fourth-order valence-corrected chi connectivity index (χ4v) is 2.68. The number of hydrogen-bond acceptors (Lipinski definition) is 2. The van der Waals surface area contributed by atoms with Crippen LogP contribution in [0.4, 0.5) is 0 Å². The van der Waals surface area contributed by atoms with Crippen LogP contribution in [-0.2, 0) is 16.0 Å². The van der Waals surface area contributed by atoms with Crippen molar-refractivity contribution < 1.29 is 14.7 Å². The molecule has 2 atom stereocenters. The summed E-state index contributed by atoms with van der Waals surface area (Å²) in [7, 11) is 0. The molecule has 0 saturated heterocycles. The normalized spacial score (nSPS) is 13.5. The Morgan fingerprint density at radius 2 is 1.83 bits per heavy atom. The summed E-state index contributed by atoms with van der Waals surface area (Å²) in [6.45, 7) is 3.83. The van der Waals surface area contributed by atoms with Gasteiger partial charge in [-0.05, 0) is 22.8 Å². The zero-order valence-electron chi connectivity index (χ0n) is 13.6. The summed E-state index contributed by atoms with van der Waals surface area (Å²) in [6.07, 6.45) is 1.94. The third-order valence-corrected chi connectivity index (χ3v) is 4.04. The lowest BCUT2D eigenvalue weighted by atomic mass is 10.0. The quantitative estimate of drug-likeness (QED) is 0.823. The molecular weight excluding hydrogens is 290 g/mol. The summed E-state index contributed by atoms with van der Waals surface area (Å²) < 4.78 is 0. The summed E-state index contributed by atoms with van der Waals surface area (Å²) in [6, 6.07) is 12.9. The smallest absolute Gasteiger partial charge is 0.326 e. The van der Waals surface area contributed by atoms with E-state index < -0.39 is 12.0 Å². The van der Waals surface area contributed by atoms with Crippen LogP contribution in [0.25, 0.3) is 10.8 Å². The Balaban J connectivity index is 2.11. The molecule has 2 aromatic rings. The number of amides is 1. The second-order valence-corrected chi connectivity index (χ2v) is 5.97. The number of carbonyl (C=O) groups excluding carboxylic acids is 1. The molecule has 2 rings (SSSR count). The first kappa shape index (κ1) is 17.0. The molecule has 0 fully saturated rings. The maximum Gasteiger partial charge on any atom is 0.326 e. The Kier molecular flexibility index (Phi) is 5.74. The first-order valence-electron chi connectivity index (χ1n) is 8.02. The minimum absolute atomic E-state index is 0.168. The topological polar surface area (TPSA) is 66.4 Å². The maximum atomic E-state index is 12.1. The average Bonchev–Trinajstić information content (AvgIpc) is 2.54. The zero-order valence-corrected chi connectivity index (χ0v) is 13.6. The lowest BCUT2D eigenvalue weighted by molar-refractivity contribution is -0.142. The molecule has 0 aliphatic heterocycles. The van der Waals surface area contributed by atoms with Crippen molar-refractivity contribution >= 4 is 22.6 Å². The van der Waals surface area contributed by atoms with E-state index in [-0.39, 0.29) is 18.2 Å². The Labute approximate surface area is 136 Å². The van der Waals surface area contributed by atoms with E-state index in [4.69, 9.17) is 0 Å². The molecule has 23 heavy (non-hydrogen) atoms. The van der Waals surface area contributed by atoms with Gasteiger partial charge < -0.3 is 10.4 Å². The third kappa shape index (κ3) is 4.55. The fourth-order valence-electron chi connectivity index (χ4n) is 2.68. The van der Waals surface area contributed by atoms with Crippen molar-refractivity contribution in [2.24, 2.45) is 5.92 Å². The van der Waals surface area contributed by atoms with Crippen LogP contribution < -0.4 is 5.32 Å². The maximum absolute atomic E-state index is 12.1. The predicted octanol–water partition coefficient (Wildman–Crippen LogP) is 3.39. The van der Waals surface area contributed by atoms with E-state index in [9.17, 15) is 14.7 Å². The van der Waals surface area contributed by atoms with Gasteiger partial charge in [0.05, 0.1) is 0 Å². The molecule has 1 amide bonds. The number of hydrogen-bond donors (Lipinski definition) is 2. The summed E-state index contributed by atoms with van der Waals surface area (Å²) in [5.74, 6) is -1.37. The van der Waals surface area contributed by atoms with Gasteiger partial charge in [0.2, 0.25) is 5.91 Å². The number of nitrogens with one attached hydrogen (secondary N) is 1. The van der Waals surface area contributed by atoms with Gasteiger partial charge in [-0.1, -0.05) is 62.7 Å². The Morgan fingerprint density at radius 1 is 1.13 bits per heavy atom. The van der Waals surface area contributed by atoms with Crippen LogP contribution in [0.15, 0.2) is 42.5 Å². The highest BCUT2D eigenvalue weighted by Gasteiger charge is 2.23. The molecule has 4 nitrogen and oxygen atoms in total. The van der Waals surface area contributed by atoms with Gasteiger partial charge in [0, 0.05) is 12.3 Å². The van der Waals surface area contributed by atoms with Crippen molar-refractivity contribution in [3.63, 3.8) is 0 Å². The molecule has 0 bridgehead atoms. The van der Waals surface area contributed by atoms with Crippen LogP contribution in [0.1, 0.15) is 32.3 Å². The summed E-state index contributed by atoms with van der Waals surface area (Å²) in [5.41, 5.74) is 0.902. The third-order valence-electron chi connectivity index (χ3n) is 4.04. The Hall–Kier alpha value is -2.36. The van der Waals surface area contributed by atoms with E-state index >= 15 is 0 Å². The predicted molar refractivity (Wildman–Crippen MR) is 91.3 cm³/mol. The molecule has 0 aliphatic rings. The van der Waals surface area contributed by atoms with Crippen LogP contribution in [0, 0.1) is 5.92 Å². The van der Waals surface area contributed by atoms with Crippen molar-refractivity contribution in [1.82, 2.24) is 5.32 Å². The Bertz CT molecular complexity index is 696. The number of carbonyl (C=O) groups is 2. The molecule has 0 heterocycles. The molecule has 0 aliphatic carbocycles. The molecule has 2 aromatic carbocycles. The first-order valence-corrected chi connectivity index (χ1v) is 8.02. The van der Waals surface area contributed by atoms with Crippen LogP contribution in [-0.4, -0.2) is 23.0 Å². The fraction of sp³-hybridized carbons (Fsp3) is 0.368. The number of carboxylic acid groups (broad SMARTS) is 1. The van der Waals surface area contributed by atoms with E-state index in [2.05, 4.69) is 5.32 Å². The molecule has 122 valence electrons. The van der Waals surface area contributed by atoms with Crippen LogP contribution in [0.2, 0.25) is 0 Å². The molecule has 2 unspecified atom stereocenters. The second kappa shape index (κ2) is 7.77. The minimum Gasteiger partial charge on any atom is -0.480 e. The van der Waals surface area contributed by atoms with Crippen molar-refractivity contribution in [1.29, 1.82) is 0 Å². The van der Waals surface area contributed by atoms with Crippen LogP contribution >= 0.6 is 0 Å². The number of fused-ring (bicyclic) bond motifs is 1. The molecule has 0 aromatic heterocycles. The van der Waals surface area contributed by atoms with Crippen molar-refractivity contribution in [3.8, 4) is 0 Å². The molecule has 0 radical (unpaired) electrons. The number of aliphatic carboxylic acids is 1. The minimum atomic E-state index is -1.00. The molecule has 4 heteroatoms. The molecular formula is C19H23NO3. The zero-order chi connectivity index (χ0) is 16.8. The van der Waals surface area contributed by atoms with Gasteiger partial charge in [0.1, 0.15) is 6.04 Å². The van der Waals surface area contributed by atoms with E-state index in [1.54, 1.807) is 0 Å². The first-order chi connectivity index (χ1) is 11.0. The van der Waals surface area contributed by atoms with Crippen molar-refractivity contribution in [2.45, 2.75) is 39.2 Å². The monoisotopic (exact) mass is 313 g/mol. The van der Waals surface area contributed by atoms with Gasteiger partial charge >= 0.3 is 5.97 Å². The van der Waals surface area contributed by atoms with Crippen molar-refractivity contribution in [3.05, 3.63) is 48.0 Å². The lowest BCUT2D eigenvalue weighted by Gasteiger charge is -2.18. The molecule has 0 saturated carbocycles. The number of benzene rings is 2. The van der Waals surface area contributed by atoms with Gasteiger partial charge in [-0.25, -0.2) is 4.79 Å². The Morgan fingerprint density at radius 3 is 2.48 bits per heavy atom. The van der Waals surface area contributed by atoms with Crippen LogP contribution in [0.5, 0.6) is 0 Å². The van der Waals surface area contributed by atoms with Crippen molar-refractivity contribution in [2.75, 3.05) is 0 Å². The summed E-state index contributed by atoms with van der Waals surface area (Å²) in [5, 5.41) is 14.2. The van der Waals surface area contributed by atoms with Gasteiger partial charge in [-0.3, -0.25) is 4.79 Å². The van der Waals surface area contributed by atoms with E-state index in [1.165, 1.54) is 0 Å². The highest BCUT2D eigenvalue weighted by Crippen LogP contribution is 2.17. The second-order valence-electron chi connectivity index (χ2n) is 5.97. The average molecular weight is 313 g/mol. The highest BCUT2D eigenvalue weighted by atomic mass is 16.4. The summed E-state index contributed by atoms with van der Waals surface area (Å²) >= 11 is 0. The van der Waals surface area contributed by atoms with E-state index in [0.29, 0.717) is 0 Å². The largest absolute Gasteiger partial charge is 0.480 e. The number of carboxylic acids is 1. The highest BCUT2D eigenvalue weighted by molar-refractivity contribution is 5.86. The number of rotatable bonds is 7. The SMILES string of the molecule is CCCC(C)C(=O)NC(Cc1ccc2ccccc2c1)C(=O)O. The molecule has 0 spiro atoms. The lowest BCUT2D eigenvalue weighted by Crippen LogP contribution is -2.44. The summed E-state index contributed by atoms with van der Waals surface area (Å²) in [4.78, 5) is 23.5. The van der Waals surface area contributed by atoms with Gasteiger partial charge in [0.15, 0.2) is 0 Å². The van der Waals surface area contributed by atoms with Gasteiger partial charge in [-0.15, -0.1) is 0 Å². The van der Waals surface area contributed by atoms with E-state index in [0.717, 1.165) is 29.2 Å². The standard InChI is InChI=1S/C19H23NO3/c1-3-6-13(2)18(21)20-17(19(22)23)12-14-9-10-15-7-4-5-8-16(15)11-14/h4-5,7-11,13,17H,3,6,12H2,1-2H3,(H,20,21)(H,22,23). The van der Waals surface area contributed by atoms with Gasteiger partial charge in [-0.2, -0.15) is 0 Å². The molecule has 2 N–H and O–H groups in total. The van der Waals surface area contributed by atoms with Gasteiger partial charge in [0.25, 0.3) is 0 Å².